The molecule has 1 atom stereocenters. The van der Waals surface area contributed by atoms with Crippen LogP contribution in [0.2, 0.25) is 0 Å². The van der Waals surface area contributed by atoms with Gasteiger partial charge in [-0.05, 0) is 35.6 Å². The van der Waals surface area contributed by atoms with Crippen LogP contribution in [0.15, 0.2) is 12.1 Å². The summed E-state index contributed by atoms with van der Waals surface area (Å²) >= 11 is 1.24. The van der Waals surface area contributed by atoms with Crippen molar-refractivity contribution in [1.29, 1.82) is 0 Å². The lowest BCUT2D eigenvalue weighted by atomic mass is 9.78. The van der Waals surface area contributed by atoms with Gasteiger partial charge in [0.05, 0.1) is 18.1 Å². The summed E-state index contributed by atoms with van der Waals surface area (Å²) in [6.45, 7) is 1.92. The van der Waals surface area contributed by atoms with Crippen molar-refractivity contribution in [3.63, 3.8) is 0 Å². The topological polar surface area (TPSA) is 55.8 Å². The van der Waals surface area contributed by atoms with Crippen molar-refractivity contribution >= 4 is 30.9 Å². The average molecular weight is 252 g/mol. The summed E-state index contributed by atoms with van der Waals surface area (Å²) in [7, 11) is -0.973. The first-order valence-electron chi connectivity index (χ1n) is 5.29. The summed E-state index contributed by atoms with van der Waals surface area (Å²) in [6, 6.07) is 3.64. The Morgan fingerprint density at radius 3 is 3.06 bits per heavy atom. The van der Waals surface area contributed by atoms with Crippen LogP contribution in [0, 0.1) is 6.92 Å². The van der Waals surface area contributed by atoms with Gasteiger partial charge < -0.3 is 18.7 Å². The number of aldehydes is 1. The van der Waals surface area contributed by atoms with Gasteiger partial charge in [-0.2, -0.15) is 0 Å². The summed E-state index contributed by atoms with van der Waals surface area (Å²) in [5.74, 6) is 0.683. The van der Waals surface area contributed by atoms with Gasteiger partial charge in [-0.15, -0.1) is 0 Å². The highest BCUT2D eigenvalue weighted by molar-refractivity contribution is 7.94. The number of hydrogen-bond donors (Lipinski definition) is 1. The summed E-state index contributed by atoms with van der Waals surface area (Å²) in [5.41, 5.74) is 2.56. The van der Waals surface area contributed by atoms with Gasteiger partial charge in [-0.25, -0.2) is 0 Å². The second-order valence-electron chi connectivity index (χ2n) is 3.87. The molecular formula is C11H13BO4S. The first-order valence-corrected chi connectivity index (χ1v) is 6.44. The average Bonchev–Trinajstić information content (AvgIpc) is 2.57. The molecule has 0 bridgehead atoms. The molecule has 0 amide bonds. The van der Waals surface area contributed by atoms with E-state index in [1.807, 2.05) is 19.2 Å². The highest BCUT2D eigenvalue weighted by atomic mass is 32.2. The van der Waals surface area contributed by atoms with E-state index in [-0.39, 0.29) is 12.5 Å². The Labute approximate surface area is 105 Å². The van der Waals surface area contributed by atoms with Gasteiger partial charge in [0.2, 0.25) is 0 Å². The van der Waals surface area contributed by atoms with E-state index in [9.17, 15) is 9.82 Å². The fourth-order valence-corrected chi connectivity index (χ4v) is 2.43. The third-order valence-electron chi connectivity index (χ3n) is 2.76. The zero-order valence-corrected chi connectivity index (χ0v) is 10.5. The second-order valence-corrected chi connectivity index (χ2v) is 4.37. The van der Waals surface area contributed by atoms with Gasteiger partial charge >= 0.3 is 7.12 Å². The number of hydrogen-bond acceptors (Lipinski definition) is 5. The Morgan fingerprint density at radius 2 is 2.41 bits per heavy atom. The van der Waals surface area contributed by atoms with Crippen LogP contribution in [0.5, 0.6) is 5.75 Å². The van der Waals surface area contributed by atoms with Crippen LogP contribution in [0.1, 0.15) is 23.7 Å². The molecule has 1 aliphatic rings. The largest absolute Gasteiger partial charge is 0.492 e. The van der Waals surface area contributed by atoms with E-state index < -0.39 is 7.12 Å². The van der Waals surface area contributed by atoms with Crippen molar-refractivity contribution in [2.24, 2.45) is 0 Å². The third-order valence-corrected chi connectivity index (χ3v) is 3.12. The molecule has 0 saturated carbocycles. The lowest BCUT2D eigenvalue weighted by Gasteiger charge is -2.12. The minimum atomic E-state index is -0.973. The van der Waals surface area contributed by atoms with Crippen LogP contribution in [0.25, 0.3) is 0 Å². The van der Waals surface area contributed by atoms with E-state index in [4.69, 9.17) is 8.84 Å². The Morgan fingerprint density at radius 1 is 1.65 bits per heavy atom. The van der Waals surface area contributed by atoms with Gasteiger partial charge in [0.1, 0.15) is 12.0 Å². The van der Waals surface area contributed by atoms with Crippen molar-refractivity contribution in [3.05, 3.63) is 23.3 Å². The molecule has 0 spiro atoms. The third kappa shape index (κ3) is 2.34. The Kier molecular flexibility index (Phi) is 3.76. The van der Waals surface area contributed by atoms with E-state index in [1.165, 1.54) is 12.0 Å². The molecule has 90 valence electrons. The Bertz CT molecular complexity index is 438. The van der Waals surface area contributed by atoms with Gasteiger partial charge in [0, 0.05) is 12.7 Å². The minimum absolute atomic E-state index is 0.258. The Hall–Kier alpha value is -0.975. The molecule has 2 rings (SSSR count). The van der Waals surface area contributed by atoms with Crippen LogP contribution in [-0.2, 0) is 9.45 Å². The van der Waals surface area contributed by atoms with Crippen molar-refractivity contribution in [1.82, 2.24) is 0 Å². The van der Waals surface area contributed by atoms with Crippen molar-refractivity contribution < 1.29 is 18.7 Å². The predicted molar refractivity (Wildman–Crippen MR) is 67.4 cm³/mol. The Balaban J connectivity index is 2.41. The van der Waals surface area contributed by atoms with E-state index in [0.717, 1.165) is 17.4 Å². The molecule has 0 radical (unpaired) electrons. The van der Waals surface area contributed by atoms with E-state index in [2.05, 4.69) is 0 Å². The number of carbonyl (C=O) groups is 1. The molecule has 0 aromatic heterocycles. The maximum atomic E-state index is 10.6. The molecule has 1 aliphatic heterocycles. The van der Waals surface area contributed by atoms with E-state index in [0.29, 0.717) is 11.2 Å². The summed E-state index contributed by atoms with van der Waals surface area (Å²) in [6.07, 6.45) is 2.54. The molecular weight excluding hydrogens is 239 g/mol. The molecule has 1 aromatic rings. The molecule has 1 heterocycles. The summed E-state index contributed by atoms with van der Waals surface area (Å²) in [4.78, 5) is 10.6. The lowest BCUT2D eigenvalue weighted by molar-refractivity contribution is -0.109. The van der Waals surface area contributed by atoms with Crippen LogP contribution >= 0.6 is 12.0 Å². The first-order chi connectivity index (χ1) is 8.17. The lowest BCUT2D eigenvalue weighted by Crippen LogP contribution is -2.28. The summed E-state index contributed by atoms with van der Waals surface area (Å²) in [5, 5.41) is 9.79. The fraction of sp³-hybridized carbons (Fsp3) is 0.364. The van der Waals surface area contributed by atoms with Gasteiger partial charge in [-0.3, -0.25) is 0 Å². The molecule has 1 unspecified atom stereocenters. The highest BCUT2D eigenvalue weighted by Gasteiger charge is 2.36. The molecule has 1 N–H and O–H groups in total. The van der Waals surface area contributed by atoms with Crippen molar-refractivity contribution in [2.75, 3.05) is 6.26 Å². The maximum absolute atomic E-state index is 10.6. The fourth-order valence-electron chi connectivity index (χ4n) is 2.14. The van der Waals surface area contributed by atoms with E-state index >= 15 is 0 Å². The number of fused-ring (bicyclic) bond motifs is 1. The highest BCUT2D eigenvalue weighted by Crippen LogP contribution is 2.31. The van der Waals surface area contributed by atoms with Gasteiger partial charge in [0.15, 0.2) is 0 Å². The van der Waals surface area contributed by atoms with Crippen molar-refractivity contribution in [3.8, 4) is 5.75 Å². The number of aryl methyl sites for hydroxylation is 1. The monoisotopic (exact) mass is 252 g/mol. The van der Waals surface area contributed by atoms with E-state index in [1.54, 1.807) is 6.07 Å². The molecule has 0 saturated heterocycles. The zero-order chi connectivity index (χ0) is 12.4. The summed E-state index contributed by atoms with van der Waals surface area (Å²) < 4.78 is 10.7. The SMILES string of the molecule is CSOc1cc(C)c2c(c1)B(O)OC2CC=O. The van der Waals surface area contributed by atoms with Crippen LogP contribution in [-0.4, -0.2) is 24.7 Å². The number of carbonyl (C=O) groups excluding carboxylic acids is 1. The van der Waals surface area contributed by atoms with Crippen LogP contribution in [0.4, 0.5) is 0 Å². The van der Waals surface area contributed by atoms with Crippen molar-refractivity contribution in [2.45, 2.75) is 19.4 Å². The normalized spacial score (nSPS) is 18.1. The number of rotatable bonds is 4. The standard InChI is InChI=1S/C11H13BO4S/c1-7-5-8(16-17-2)6-9-11(7)10(3-4-13)15-12(9)14/h4-6,10,14H,3H2,1-2H3. The molecule has 0 aliphatic carbocycles. The predicted octanol–water partition coefficient (Wildman–Crippen LogP) is 1.000. The quantitative estimate of drug-likeness (QED) is 0.492. The number of benzene rings is 1. The molecule has 0 fully saturated rings. The maximum Gasteiger partial charge on any atom is 0.492 e. The van der Waals surface area contributed by atoms with Crippen LogP contribution < -0.4 is 9.65 Å². The van der Waals surface area contributed by atoms with Crippen LogP contribution in [0.3, 0.4) is 0 Å². The molecule has 17 heavy (non-hydrogen) atoms. The first kappa shape index (κ1) is 12.5. The minimum Gasteiger partial charge on any atom is -0.426 e. The molecule has 6 heteroatoms. The smallest absolute Gasteiger partial charge is 0.426 e. The second kappa shape index (κ2) is 5.12. The van der Waals surface area contributed by atoms with Gasteiger partial charge in [0.25, 0.3) is 0 Å². The molecule has 4 nitrogen and oxygen atoms in total. The zero-order valence-electron chi connectivity index (χ0n) is 9.67. The molecule has 1 aromatic carbocycles. The van der Waals surface area contributed by atoms with Gasteiger partial charge in [-0.1, -0.05) is 0 Å².